The summed E-state index contributed by atoms with van der Waals surface area (Å²) in [4.78, 5) is 51.1. The smallest absolute Gasteiger partial charge is 0.407 e. The van der Waals surface area contributed by atoms with Crippen LogP contribution in [0.15, 0.2) is 0 Å². The molecule has 2 fully saturated rings. The van der Waals surface area contributed by atoms with Crippen LogP contribution in [-0.4, -0.2) is 90.8 Å². The van der Waals surface area contributed by atoms with Gasteiger partial charge in [0.2, 0.25) is 5.91 Å². The fraction of sp³-hybridized carbons (Fsp3) is 0.760. The monoisotopic (exact) mass is 491 g/mol. The minimum Gasteiger partial charge on any atom is -0.480 e. The van der Waals surface area contributed by atoms with Gasteiger partial charge in [0, 0.05) is 45.4 Å². The number of esters is 1. The Hall–Kier alpha value is -2.80. The number of carbonyl (C=O) groups excluding carboxylic acids is 3. The average molecular weight is 492 g/mol. The molecule has 10 nitrogen and oxygen atoms in total. The van der Waals surface area contributed by atoms with E-state index in [1.807, 2.05) is 0 Å². The van der Waals surface area contributed by atoms with Crippen molar-refractivity contribution in [1.82, 2.24) is 15.1 Å². The van der Waals surface area contributed by atoms with Crippen LogP contribution < -0.4 is 5.32 Å². The van der Waals surface area contributed by atoms with Crippen molar-refractivity contribution in [3.63, 3.8) is 0 Å². The van der Waals surface area contributed by atoms with Crippen LogP contribution in [0.3, 0.4) is 0 Å². The number of piperazine rings is 1. The molecule has 1 saturated heterocycles. The first kappa shape index (κ1) is 26.8. The van der Waals surface area contributed by atoms with Crippen LogP contribution >= 0.6 is 0 Å². The predicted octanol–water partition coefficient (Wildman–Crippen LogP) is 1.34. The molecular formula is C25H37N3O7. The Kier molecular flexibility index (Phi) is 9.78. The third kappa shape index (κ3) is 8.13. The van der Waals surface area contributed by atoms with Gasteiger partial charge in [-0.1, -0.05) is 13.8 Å². The van der Waals surface area contributed by atoms with Gasteiger partial charge in [0.1, 0.15) is 6.61 Å². The van der Waals surface area contributed by atoms with E-state index in [0.29, 0.717) is 37.5 Å². The van der Waals surface area contributed by atoms with Crippen LogP contribution in [0.1, 0.15) is 46.0 Å². The molecule has 1 aliphatic heterocycles. The van der Waals surface area contributed by atoms with Gasteiger partial charge in [0.15, 0.2) is 0 Å². The molecule has 0 spiro atoms. The lowest BCUT2D eigenvalue weighted by atomic mass is 10.1. The number of rotatable bonds is 10. The summed E-state index contributed by atoms with van der Waals surface area (Å²) in [5, 5.41) is 11.8. The normalized spacial score (nSPS) is 25.9. The lowest BCUT2D eigenvalue weighted by Gasteiger charge is -2.40. The van der Waals surface area contributed by atoms with Gasteiger partial charge in [-0.3, -0.25) is 19.3 Å². The summed E-state index contributed by atoms with van der Waals surface area (Å²) in [5.74, 6) is 6.17. The number of nitrogens with one attached hydrogen (secondary N) is 1. The lowest BCUT2D eigenvalue weighted by Crippen LogP contribution is -2.57. The molecule has 0 aromatic heterocycles. The maximum absolute atomic E-state index is 12.7. The van der Waals surface area contributed by atoms with Gasteiger partial charge in [-0.05, 0) is 30.6 Å². The number of fused-ring (bicyclic) bond motifs is 1. The number of amides is 2. The van der Waals surface area contributed by atoms with E-state index in [2.05, 4.69) is 17.2 Å². The number of hydrogen-bond donors (Lipinski definition) is 2. The second-order valence-electron chi connectivity index (χ2n) is 9.84. The number of hydrogen-bond acceptors (Lipinski definition) is 7. The van der Waals surface area contributed by atoms with E-state index in [4.69, 9.17) is 9.47 Å². The summed E-state index contributed by atoms with van der Waals surface area (Å²) in [5.41, 5.74) is 0. The summed E-state index contributed by atoms with van der Waals surface area (Å²) in [7, 11) is 0. The Morgan fingerprint density at radius 3 is 2.34 bits per heavy atom. The van der Waals surface area contributed by atoms with Crippen molar-refractivity contribution < 1.29 is 33.8 Å². The maximum atomic E-state index is 12.7. The Bertz CT molecular complexity index is 832. The second-order valence-corrected chi connectivity index (χ2v) is 9.84. The Morgan fingerprint density at radius 1 is 1.03 bits per heavy atom. The molecule has 0 radical (unpaired) electrons. The highest BCUT2D eigenvalue weighted by atomic mass is 16.5. The van der Waals surface area contributed by atoms with Gasteiger partial charge in [-0.15, -0.1) is 11.8 Å². The highest BCUT2D eigenvalue weighted by molar-refractivity contribution is 5.77. The van der Waals surface area contributed by atoms with E-state index in [1.165, 1.54) is 0 Å². The minimum absolute atomic E-state index is 0.0218. The summed E-state index contributed by atoms with van der Waals surface area (Å²) in [6.07, 6.45) is 3.56. The van der Waals surface area contributed by atoms with Crippen LogP contribution in [-0.2, 0) is 23.9 Å². The fourth-order valence-electron chi connectivity index (χ4n) is 4.94. The first-order valence-electron chi connectivity index (χ1n) is 12.5. The number of carbonyl (C=O) groups is 4. The topological polar surface area (TPSA) is 125 Å². The van der Waals surface area contributed by atoms with Crippen molar-refractivity contribution in [2.75, 3.05) is 45.9 Å². The lowest BCUT2D eigenvalue weighted by molar-refractivity contribution is -0.151. The van der Waals surface area contributed by atoms with E-state index >= 15 is 0 Å². The summed E-state index contributed by atoms with van der Waals surface area (Å²) < 4.78 is 10.7. The molecule has 3 rings (SSSR count). The van der Waals surface area contributed by atoms with Crippen molar-refractivity contribution in [3.8, 4) is 11.8 Å². The molecule has 194 valence electrons. The van der Waals surface area contributed by atoms with E-state index < -0.39 is 18.1 Å². The first-order valence-corrected chi connectivity index (χ1v) is 12.5. The Morgan fingerprint density at radius 2 is 1.71 bits per heavy atom. The first-order chi connectivity index (χ1) is 16.8. The molecule has 2 aliphatic carbocycles. The van der Waals surface area contributed by atoms with Crippen molar-refractivity contribution in [3.05, 3.63) is 0 Å². The molecule has 0 bridgehead atoms. The fourth-order valence-corrected chi connectivity index (χ4v) is 4.94. The van der Waals surface area contributed by atoms with Crippen molar-refractivity contribution in [2.45, 2.75) is 52.0 Å². The number of nitrogens with zero attached hydrogens (tertiary/aromatic N) is 2. The maximum Gasteiger partial charge on any atom is 0.407 e. The van der Waals surface area contributed by atoms with Gasteiger partial charge >= 0.3 is 18.0 Å². The second kappa shape index (κ2) is 12.8. The Balaban J connectivity index is 1.37. The van der Waals surface area contributed by atoms with Crippen molar-refractivity contribution in [2.24, 2.45) is 23.7 Å². The summed E-state index contributed by atoms with van der Waals surface area (Å²) in [6, 6.07) is -0.398. The SMILES string of the molecule is CC(C)C(=O)OCC1CN(C(=O)CCNC(=O)OCC2[C@H]3CCC#CCC[C@@H]23)CCN1CC(=O)O. The van der Waals surface area contributed by atoms with Crippen molar-refractivity contribution >= 4 is 23.9 Å². The van der Waals surface area contributed by atoms with Crippen LogP contribution in [0.25, 0.3) is 0 Å². The quantitative estimate of drug-likeness (QED) is 0.346. The zero-order chi connectivity index (χ0) is 25.4. The van der Waals surface area contributed by atoms with Crippen LogP contribution in [0, 0.1) is 35.5 Å². The van der Waals surface area contributed by atoms with Gasteiger partial charge in [-0.2, -0.15) is 0 Å². The van der Waals surface area contributed by atoms with Gasteiger partial charge in [-0.25, -0.2) is 4.79 Å². The standard InChI is InChI=1S/C25H37N3O7/c1-17(2)24(32)34-15-18-13-28(12-11-27(18)14-23(30)31)22(29)9-10-26-25(33)35-16-21-19-7-5-3-4-6-8-20(19)21/h17-21H,5-16H2,1-2H3,(H,26,33)(H,30,31)/t18?,19-,20+,21?. The zero-order valence-electron chi connectivity index (χ0n) is 20.7. The number of alkyl carbamates (subject to hydrolysis) is 1. The number of carboxylic acids is 1. The highest BCUT2D eigenvalue weighted by Crippen LogP contribution is 2.52. The van der Waals surface area contributed by atoms with Gasteiger partial charge < -0.3 is 24.8 Å². The van der Waals surface area contributed by atoms with E-state index in [0.717, 1.165) is 25.7 Å². The predicted molar refractivity (Wildman–Crippen MR) is 126 cm³/mol. The number of carboxylic acid groups (broad SMARTS) is 1. The van der Waals surface area contributed by atoms with E-state index in [9.17, 15) is 24.3 Å². The molecule has 2 unspecified atom stereocenters. The van der Waals surface area contributed by atoms with E-state index in [1.54, 1.807) is 23.6 Å². The van der Waals surface area contributed by atoms with Crippen LogP contribution in [0.2, 0.25) is 0 Å². The highest BCUT2D eigenvalue weighted by Gasteiger charge is 2.49. The molecule has 0 aromatic carbocycles. The van der Waals surface area contributed by atoms with Crippen molar-refractivity contribution in [1.29, 1.82) is 0 Å². The third-order valence-corrected chi connectivity index (χ3v) is 7.04. The van der Waals surface area contributed by atoms with Crippen LogP contribution in [0.4, 0.5) is 4.79 Å². The molecule has 3 aliphatic rings. The molecule has 2 amide bonds. The third-order valence-electron chi connectivity index (χ3n) is 7.04. The van der Waals surface area contributed by atoms with Crippen LogP contribution in [0.5, 0.6) is 0 Å². The Labute approximate surface area is 206 Å². The summed E-state index contributed by atoms with van der Waals surface area (Å²) in [6.45, 7) is 4.84. The molecule has 0 aromatic rings. The molecule has 2 N–H and O–H groups in total. The molecular weight excluding hydrogens is 454 g/mol. The number of aliphatic carboxylic acids is 1. The molecule has 1 saturated carbocycles. The van der Waals surface area contributed by atoms with Gasteiger partial charge in [0.25, 0.3) is 0 Å². The number of ether oxygens (including phenoxy) is 2. The van der Waals surface area contributed by atoms with Gasteiger partial charge in [0.05, 0.1) is 25.1 Å². The molecule has 10 heteroatoms. The average Bonchev–Trinajstić information content (AvgIpc) is 3.44. The van der Waals surface area contributed by atoms with E-state index in [-0.39, 0.29) is 50.5 Å². The molecule has 1 heterocycles. The minimum atomic E-state index is -0.974. The largest absolute Gasteiger partial charge is 0.480 e. The zero-order valence-corrected chi connectivity index (χ0v) is 20.7. The summed E-state index contributed by atoms with van der Waals surface area (Å²) >= 11 is 0. The molecule has 35 heavy (non-hydrogen) atoms. The molecule has 4 atom stereocenters.